The van der Waals surface area contributed by atoms with Crippen molar-refractivity contribution >= 4 is 6.03 Å². The molecule has 0 saturated carbocycles. The van der Waals surface area contributed by atoms with Crippen molar-refractivity contribution < 1.29 is 14.3 Å². The van der Waals surface area contributed by atoms with E-state index in [0.29, 0.717) is 25.0 Å². The van der Waals surface area contributed by atoms with Crippen LogP contribution in [0.15, 0.2) is 12.3 Å². The first-order valence-electron chi connectivity index (χ1n) is 7.48. The first kappa shape index (κ1) is 16.3. The fourth-order valence-electron chi connectivity index (χ4n) is 2.24. The van der Waals surface area contributed by atoms with Crippen molar-refractivity contribution in [1.82, 2.24) is 20.2 Å². The quantitative estimate of drug-likeness (QED) is 0.922. The molecule has 122 valence electrons. The normalized spacial score (nSPS) is 16.3. The van der Waals surface area contributed by atoms with Gasteiger partial charge in [-0.15, -0.1) is 0 Å². The Kier molecular flexibility index (Phi) is 5.05. The van der Waals surface area contributed by atoms with E-state index in [-0.39, 0.29) is 17.7 Å². The van der Waals surface area contributed by atoms with E-state index in [1.165, 1.54) is 7.11 Å². The third-order valence-corrected chi connectivity index (χ3v) is 3.29. The number of urea groups is 1. The number of rotatable bonds is 3. The molecule has 0 atom stereocenters. The van der Waals surface area contributed by atoms with Crippen LogP contribution in [0.25, 0.3) is 0 Å². The van der Waals surface area contributed by atoms with Crippen LogP contribution < -0.4 is 14.8 Å². The van der Waals surface area contributed by atoms with E-state index < -0.39 is 0 Å². The van der Waals surface area contributed by atoms with E-state index in [1.807, 2.05) is 25.7 Å². The van der Waals surface area contributed by atoms with E-state index in [9.17, 15) is 4.79 Å². The molecular weight excluding hydrogens is 284 g/mol. The van der Waals surface area contributed by atoms with Crippen LogP contribution in [0.1, 0.15) is 33.6 Å². The smallest absolute Gasteiger partial charge is 0.319 e. The summed E-state index contributed by atoms with van der Waals surface area (Å²) in [4.78, 5) is 22.0. The summed E-state index contributed by atoms with van der Waals surface area (Å²) in [7, 11) is 1.52. The average Bonchev–Trinajstić information content (AvgIpc) is 2.46. The Morgan fingerprint density at radius 2 is 2.05 bits per heavy atom. The van der Waals surface area contributed by atoms with Gasteiger partial charge in [-0.05, 0) is 20.8 Å². The number of nitrogens with one attached hydrogen (secondary N) is 1. The third kappa shape index (κ3) is 4.75. The highest BCUT2D eigenvalue weighted by atomic mass is 16.5. The molecule has 1 aliphatic heterocycles. The van der Waals surface area contributed by atoms with Crippen LogP contribution in [0.3, 0.4) is 0 Å². The van der Waals surface area contributed by atoms with Gasteiger partial charge in [-0.2, -0.15) is 4.98 Å². The lowest BCUT2D eigenvalue weighted by Crippen LogP contribution is -2.51. The molecule has 1 aromatic rings. The molecule has 1 aliphatic rings. The molecule has 1 N–H and O–H groups in total. The molecule has 22 heavy (non-hydrogen) atoms. The number of carbonyl (C=O) groups excluding carboxylic acids is 1. The number of likely N-dealkylation sites (tertiary alicyclic amines) is 1. The van der Waals surface area contributed by atoms with Crippen molar-refractivity contribution in [2.24, 2.45) is 0 Å². The Hall–Kier alpha value is -2.05. The number of methoxy groups -OCH3 is 1. The zero-order chi connectivity index (χ0) is 16.2. The van der Waals surface area contributed by atoms with Crippen LogP contribution in [-0.4, -0.2) is 52.7 Å². The maximum absolute atomic E-state index is 12.1. The second-order valence-electron chi connectivity index (χ2n) is 6.37. The summed E-state index contributed by atoms with van der Waals surface area (Å²) in [6.45, 7) is 7.28. The largest absolute Gasteiger partial charge is 0.474 e. The maximum Gasteiger partial charge on any atom is 0.319 e. The molecule has 0 bridgehead atoms. The Morgan fingerprint density at radius 3 is 2.64 bits per heavy atom. The van der Waals surface area contributed by atoms with Gasteiger partial charge in [0.15, 0.2) is 0 Å². The summed E-state index contributed by atoms with van der Waals surface area (Å²) in [5, 5.41) is 2.98. The highest BCUT2D eigenvalue weighted by Gasteiger charge is 2.26. The number of piperidine rings is 1. The number of ether oxygens (including phenoxy) is 2. The zero-order valence-corrected chi connectivity index (χ0v) is 13.6. The van der Waals surface area contributed by atoms with Crippen molar-refractivity contribution in [3.8, 4) is 11.9 Å². The predicted octanol–water partition coefficient (Wildman–Crippen LogP) is 1.84. The molecule has 0 aromatic carbocycles. The number of carbonyl (C=O) groups is 1. The molecular formula is C15H24N4O3. The van der Waals surface area contributed by atoms with Gasteiger partial charge in [0.1, 0.15) is 6.10 Å². The van der Waals surface area contributed by atoms with Crippen LogP contribution in [0.4, 0.5) is 4.79 Å². The summed E-state index contributed by atoms with van der Waals surface area (Å²) in [5.41, 5.74) is -0.220. The van der Waals surface area contributed by atoms with Gasteiger partial charge in [0.05, 0.1) is 7.11 Å². The number of hydrogen-bond donors (Lipinski definition) is 1. The molecule has 0 radical (unpaired) electrons. The van der Waals surface area contributed by atoms with Gasteiger partial charge in [-0.1, -0.05) is 0 Å². The standard InChI is InChI=1S/C15H24N4O3/c1-15(2,3)18-14(20)19-9-6-11(7-10-19)22-12-5-8-16-13(17-12)21-4/h5,8,11H,6-7,9-10H2,1-4H3,(H,18,20). The van der Waals surface area contributed by atoms with E-state index in [1.54, 1.807) is 12.3 Å². The van der Waals surface area contributed by atoms with E-state index in [0.717, 1.165) is 12.8 Å². The van der Waals surface area contributed by atoms with Gasteiger partial charge < -0.3 is 19.7 Å². The van der Waals surface area contributed by atoms with Gasteiger partial charge in [0.2, 0.25) is 5.88 Å². The van der Waals surface area contributed by atoms with Crippen molar-refractivity contribution in [3.05, 3.63) is 12.3 Å². The Bertz CT molecular complexity index is 508. The third-order valence-electron chi connectivity index (χ3n) is 3.29. The minimum atomic E-state index is -0.220. The Labute approximate surface area is 131 Å². The molecule has 0 spiro atoms. The number of amides is 2. The van der Waals surface area contributed by atoms with Gasteiger partial charge in [0, 0.05) is 43.7 Å². The summed E-state index contributed by atoms with van der Waals surface area (Å²) in [6.07, 6.45) is 3.22. The minimum absolute atomic E-state index is 0.0188. The molecule has 2 rings (SSSR count). The highest BCUT2D eigenvalue weighted by Crippen LogP contribution is 2.18. The van der Waals surface area contributed by atoms with Crippen LogP contribution in [0.2, 0.25) is 0 Å². The molecule has 0 unspecified atom stereocenters. The summed E-state index contributed by atoms with van der Waals surface area (Å²) >= 11 is 0. The van der Waals surface area contributed by atoms with Crippen LogP contribution in [0, 0.1) is 0 Å². The number of aromatic nitrogens is 2. The topological polar surface area (TPSA) is 76.6 Å². The predicted molar refractivity (Wildman–Crippen MR) is 82.1 cm³/mol. The summed E-state index contributed by atoms with van der Waals surface area (Å²) < 4.78 is 10.8. The van der Waals surface area contributed by atoms with Crippen molar-refractivity contribution in [1.29, 1.82) is 0 Å². The maximum atomic E-state index is 12.1. The minimum Gasteiger partial charge on any atom is -0.474 e. The second-order valence-corrected chi connectivity index (χ2v) is 6.37. The van der Waals surface area contributed by atoms with Gasteiger partial charge in [0.25, 0.3) is 0 Å². The van der Waals surface area contributed by atoms with E-state index >= 15 is 0 Å². The fourth-order valence-corrected chi connectivity index (χ4v) is 2.24. The van der Waals surface area contributed by atoms with Gasteiger partial charge in [-0.25, -0.2) is 9.78 Å². The van der Waals surface area contributed by atoms with Crippen molar-refractivity contribution in [2.75, 3.05) is 20.2 Å². The van der Waals surface area contributed by atoms with E-state index in [2.05, 4.69) is 15.3 Å². The highest BCUT2D eigenvalue weighted by molar-refractivity contribution is 5.75. The number of hydrogen-bond acceptors (Lipinski definition) is 5. The van der Waals surface area contributed by atoms with Gasteiger partial charge in [-0.3, -0.25) is 0 Å². The van der Waals surface area contributed by atoms with Crippen LogP contribution >= 0.6 is 0 Å². The SMILES string of the molecule is COc1nccc(OC2CCN(C(=O)NC(C)(C)C)CC2)n1. The molecule has 7 heteroatoms. The first-order valence-corrected chi connectivity index (χ1v) is 7.48. The Morgan fingerprint density at radius 1 is 1.36 bits per heavy atom. The molecule has 7 nitrogen and oxygen atoms in total. The zero-order valence-electron chi connectivity index (χ0n) is 13.6. The van der Waals surface area contributed by atoms with Crippen molar-refractivity contribution in [3.63, 3.8) is 0 Å². The van der Waals surface area contributed by atoms with Crippen LogP contribution in [-0.2, 0) is 0 Å². The monoisotopic (exact) mass is 308 g/mol. The Balaban J connectivity index is 1.83. The molecule has 1 saturated heterocycles. The molecule has 2 amide bonds. The van der Waals surface area contributed by atoms with Gasteiger partial charge >= 0.3 is 12.0 Å². The van der Waals surface area contributed by atoms with E-state index in [4.69, 9.17) is 9.47 Å². The lowest BCUT2D eigenvalue weighted by atomic mass is 10.1. The average molecular weight is 308 g/mol. The summed E-state index contributed by atoms with van der Waals surface area (Å²) in [5.74, 6) is 0.504. The molecule has 0 aliphatic carbocycles. The number of nitrogens with zero attached hydrogens (tertiary/aromatic N) is 3. The molecule has 1 fully saturated rings. The summed E-state index contributed by atoms with van der Waals surface area (Å²) in [6, 6.07) is 1.98. The first-order chi connectivity index (χ1) is 10.4. The fraction of sp³-hybridized carbons (Fsp3) is 0.667. The van der Waals surface area contributed by atoms with Crippen LogP contribution in [0.5, 0.6) is 11.9 Å². The molecule has 1 aromatic heterocycles. The lowest BCUT2D eigenvalue weighted by Gasteiger charge is -2.34. The lowest BCUT2D eigenvalue weighted by molar-refractivity contribution is 0.104. The van der Waals surface area contributed by atoms with Crippen molar-refractivity contribution in [2.45, 2.75) is 45.3 Å². The second kappa shape index (κ2) is 6.81. The molecule has 2 heterocycles.